The summed E-state index contributed by atoms with van der Waals surface area (Å²) in [5.74, 6) is 0.284. The van der Waals surface area contributed by atoms with Crippen molar-refractivity contribution >= 4 is 6.21 Å². The van der Waals surface area contributed by atoms with E-state index in [0.29, 0.717) is 13.2 Å². The Hall–Kier alpha value is -0.490. The smallest absolute Gasteiger partial charge is 0.106 e. The number of hydrogen-bond donors (Lipinski definition) is 0. The molecule has 118 valence electrons. The Morgan fingerprint density at radius 2 is 1.70 bits per heavy atom. The number of hydrogen-bond acceptors (Lipinski definition) is 5. The van der Waals surface area contributed by atoms with Gasteiger partial charge in [-0.15, -0.1) is 0 Å². The number of nitrogens with zero attached hydrogens (tertiary/aromatic N) is 1. The van der Waals surface area contributed by atoms with Crippen LogP contribution in [0.15, 0.2) is 4.99 Å². The molecule has 0 aromatic rings. The van der Waals surface area contributed by atoms with E-state index < -0.39 is 0 Å². The monoisotopic (exact) mass is 287 g/mol. The van der Waals surface area contributed by atoms with Crippen molar-refractivity contribution in [1.29, 1.82) is 0 Å². The molecule has 1 fully saturated rings. The lowest BCUT2D eigenvalue weighted by molar-refractivity contribution is -0.183. The predicted octanol–water partition coefficient (Wildman–Crippen LogP) is 1.94. The molecule has 0 amide bonds. The van der Waals surface area contributed by atoms with E-state index in [0.717, 1.165) is 12.8 Å². The SMILES string of the molecule is CCC=NC1[C@H](COC)OC(COC)[C@H](CC)[C@@H]1OC. The van der Waals surface area contributed by atoms with Gasteiger partial charge in [0.05, 0.1) is 25.4 Å². The molecule has 0 spiro atoms. The predicted molar refractivity (Wildman–Crippen MR) is 79.6 cm³/mol. The fraction of sp³-hybridized carbons (Fsp3) is 0.933. The molecule has 1 aliphatic heterocycles. The molecule has 0 N–H and O–H groups in total. The second-order valence-corrected chi connectivity index (χ2v) is 5.13. The van der Waals surface area contributed by atoms with Gasteiger partial charge in [0.15, 0.2) is 0 Å². The summed E-state index contributed by atoms with van der Waals surface area (Å²) in [6.45, 7) is 5.32. The summed E-state index contributed by atoms with van der Waals surface area (Å²) < 4.78 is 22.5. The first-order valence-electron chi connectivity index (χ1n) is 7.41. The first kappa shape index (κ1) is 17.6. The summed E-state index contributed by atoms with van der Waals surface area (Å²) in [7, 11) is 5.13. The lowest BCUT2D eigenvalue weighted by Crippen LogP contribution is -2.56. The van der Waals surface area contributed by atoms with Crippen molar-refractivity contribution < 1.29 is 18.9 Å². The van der Waals surface area contributed by atoms with Crippen molar-refractivity contribution in [3.8, 4) is 0 Å². The molecule has 0 aromatic heterocycles. The molecule has 1 heterocycles. The van der Waals surface area contributed by atoms with Gasteiger partial charge in [-0.3, -0.25) is 4.99 Å². The molecule has 0 radical (unpaired) electrons. The Morgan fingerprint density at radius 3 is 2.20 bits per heavy atom. The number of rotatable bonds is 8. The van der Waals surface area contributed by atoms with Crippen molar-refractivity contribution in [3.05, 3.63) is 0 Å². The van der Waals surface area contributed by atoms with E-state index >= 15 is 0 Å². The summed E-state index contributed by atoms with van der Waals surface area (Å²) in [4.78, 5) is 4.65. The maximum absolute atomic E-state index is 6.17. The lowest BCUT2D eigenvalue weighted by atomic mass is 9.83. The highest BCUT2D eigenvalue weighted by Gasteiger charge is 2.45. The Morgan fingerprint density at radius 1 is 1.05 bits per heavy atom. The van der Waals surface area contributed by atoms with Crippen LogP contribution in [-0.2, 0) is 18.9 Å². The van der Waals surface area contributed by atoms with E-state index in [-0.39, 0.29) is 30.3 Å². The quantitative estimate of drug-likeness (QED) is 0.640. The van der Waals surface area contributed by atoms with E-state index in [4.69, 9.17) is 18.9 Å². The summed E-state index contributed by atoms with van der Waals surface area (Å²) in [5, 5.41) is 0. The standard InChI is InChI=1S/C15H29NO4/c1-6-8-16-14-13(10-18-4)20-12(9-17-3)11(7-2)15(14)19-5/h8,11-15H,6-7,9-10H2,1-5H3/t11-,12?,13-,14?,15-/m0/s1. The van der Waals surface area contributed by atoms with Crippen LogP contribution in [0.5, 0.6) is 0 Å². The molecule has 20 heavy (non-hydrogen) atoms. The van der Waals surface area contributed by atoms with Crippen molar-refractivity contribution in [1.82, 2.24) is 0 Å². The molecule has 0 aliphatic carbocycles. The normalized spacial score (nSPS) is 34.8. The van der Waals surface area contributed by atoms with Crippen LogP contribution in [0.25, 0.3) is 0 Å². The Balaban J connectivity index is 2.95. The summed E-state index contributed by atoms with van der Waals surface area (Å²) in [6.07, 6.45) is 3.80. The van der Waals surface area contributed by atoms with E-state index in [1.165, 1.54) is 0 Å². The summed E-state index contributed by atoms with van der Waals surface area (Å²) in [5.41, 5.74) is 0. The van der Waals surface area contributed by atoms with Gasteiger partial charge in [0.1, 0.15) is 12.1 Å². The first-order chi connectivity index (χ1) is 9.73. The van der Waals surface area contributed by atoms with Crippen LogP contribution in [0.2, 0.25) is 0 Å². The van der Waals surface area contributed by atoms with Crippen LogP contribution in [0.4, 0.5) is 0 Å². The zero-order valence-corrected chi connectivity index (χ0v) is 13.4. The second kappa shape index (κ2) is 9.45. The van der Waals surface area contributed by atoms with Crippen LogP contribution in [0.3, 0.4) is 0 Å². The lowest BCUT2D eigenvalue weighted by Gasteiger charge is -2.44. The topological polar surface area (TPSA) is 49.3 Å². The highest BCUT2D eigenvalue weighted by molar-refractivity contribution is 5.57. The molecule has 0 aromatic carbocycles. The number of ether oxygens (including phenoxy) is 4. The minimum Gasteiger partial charge on any atom is -0.382 e. The molecular formula is C15H29NO4. The van der Waals surface area contributed by atoms with E-state index in [2.05, 4.69) is 18.8 Å². The Bertz CT molecular complexity index is 285. The maximum Gasteiger partial charge on any atom is 0.106 e. The largest absolute Gasteiger partial charge is 0.382 e. The van der Waals surface area contributed by atoms with Crippen molar-refractivity contribution in [3.63, 3.8) is 0 Å². The van der Waals surface area contributed by atoms with Crippen LogP contribution in [0.1, 0.15) is 26.7 Å². The molecule has 1 rings (SSSR count). The minimum absolute atomic E-state index is 0.0158. The average Bonchev–Trinajstić information content (AvgIpc) is 2.46. The van der Waals surface area contributed by atoms with E-state index in [9.17, 15) is 0 Å². The fourth-order valence-electron chi connectivity index (χ4n) is 2.93. The molecule has 5 atom stereocenters. The van der Waals surface area contributed by atoms with Gasteiger partial charge in [0.2, 0.25) is 0 Å². The van der Waals surface area contributed by atoms with Gasteiger partial charge in [0, 0.05) is 27.2 Å². The van der Waals surface area contributed by atoms with Crippen molar-refractivity contribution in [2.75, 3.05) is 34.5 Å². The van der Waals surface area contributed by atoms with Gasteiger partial charge < -0.3 is 18.9 Å². The molecule has 0 saturated carbocycles. The molecule has 1 saturated heterocycles. The summed E-state index contributed by atoms with van der Waals surface area (Å²) >= 11 is 0. The molecule has 0 bridgehead atoms. The van der Waals surface area contributed by atoms with Crippen LogP contribution in [0, 0.1) is 5.92 Å². The first-order valence-corrected chi connectivity index (χ1v) is 7.41. The average molecular weight is 287 g/mol. The fourth-order valence-corrected chi connectivity index (χ4v) is 2.93. The van der Waals surface area contributed by atoms with Crippen LogP contribution >= 0.6 is 0 Å². The Kier molecular flexibility index (Phi) is 8.30. The second-order valence-electron chi connectivity index (χ2n) is 5.13. The minimum atomic E-state index is -0.0873. The number of aliphatic imine (C=N–C) groups is 1. The molecule has 1 aliphatic rings. The third-order valence-corrected chi connectivity index (χ3v) is 3.83. The van der Waals surface area contributed by atoms with Gasteiger partial charge in [-0.1, -0.05) is 13.8 Å². The van der Waals surface area contributed by atoms with Crippen LogP contribution < -0.4 is 0 Å². The third kappa shape index (κ3) is 4.25. The third-order valence-electron chi connectivity index (χ3n) is 3.83. The van der Waals surface area contributed by atoms with Crippen molar-refractivity contribution in [2.24, 2.45) is 10.9 Å². The zero-order valence-electron chi connectivity index (χ0n) is 13.4. The van der Waals surface area contributed by atoms with Gasteiger partial charge in [-0.2, -0.15) is 0 Å². The zero-order chi connectivity index (χ0) is 15.0. The molecule has 2 unspecified atom stereocenters. The summed E-state index contributed by atoms with van der Waals surface area (Å²) in [6, 6.07) is -0.0158. The molecule has 5 heteroatoms. The number of methoxy groups -OCH3 is 3. The van der Waals surface area contributed by atoms with Crippen molar-refractivity contribution in [2.45, 2.75) is 51.0 Å². The van der Waals surface area contributed by atoms with E-state index in [1.54, 1.807) is 21.3 Å². The Labute approximate surface area is 122 Å². The van der Waals surface area contributed by atoms with Gasteiger partial charge in [-0.05, 0) is 19.1 Å². The molecule has 5 nitrogen and oxygen atoms in total. The van der Waals surface area contributed by atoms with E-state index in [1.807, 2.05) is 6.21 Å². The highest BCUT2D eigenvalue weighted by Crippen LogP contribution is 2.32. The highest BCUT2D eigenvalue weighted by atomic mass is 16.6. The molecular weight excluding hydrogens is 258 g/mol. The van der Waals surface area contributed by atoms with Gasteiger partial charge in [0.25, 0.3) is 0 Å². The van der Waals surface area contributed by atoms with Crippen LogP contribution in [-0.4, -0.2) is 65.1 Å². The van der Waals surface area contributed by atoms with Gasteiger partial charge >= 0.3 is 0 Å². The van der Waals surface area contributed by atoms with Gasteiger partial charge in [-0.25, -0.2) is 0 Å². The maximum atomic E-state index is 6.17.